The zero-order chi connectivity index (χ0) is 0. The fourth-order valence-electron chi connectivity index (χ4n) is 0. The quantitative estimate of drug-likeness (QED) is 0.290. The molecule has 0 heterocycles. The van der Waals surface area contributed by atoms with E-state index in [-0.39, 0.29) is 169 Å². The van der Waals surface area contributed by atoms with Crippen LogP contribution in [-0.2, 0) is 0 Å². The van der Waals surface area contributed by atoms with E-state index in [1.165, 1.54) is 0 Å². The van der Waals surface area contributed by atoms with Crippen LogP contribution in [0.1, 0.15) is 0 Å². The summed E-state index contributed by atoms with van der Waals surface area (Å²) in [7, 11) is 0. The Morgan fingerprint density at radius 2 is 0.444 bits per heavy atom. The van der Waals surface area contributed by atoms with E-state index in [1.807, 2.05) is 0 Å². The molecular formula is HCl7NdPr. The fraction of sp³-hybridized carbons (Fsp3) is 0. The first-order chi connectivity index (χ1) is 0. The van der Waals surface area contributed by atoms with Crippen molar-refractivity contribution in [1.29, 1.82) is 0 Å². The maximum absolute atomic E-state index is 0. The van der Waals surface area contributed by atoms with Gasteiger partial charge < -0.3 is 74.4 Å². The first kappa shape index (κ1) is 99.2. The van der Waals surface area contributed by atoms with E-state index in [2.05, 4.69) is 0 Å². The molecule has 0 spiro atoms. The van der Waals surface area contributed by atoms with Crippen LogP contribution in [0.4, 0.5) is 0 Å². The average molecular weight is 534 g/mol. The molecule has 0 aliphatic rings. The molecule has 0 atom stereocenters. The summed E-state index contributed by atoms with van der Waals surface area (Å²) >= 11 is 0. The van der Waals surface area contributed by atoms with E-state index >= 15 is 0 Å². The molecule has 0 aromatic carbocycles. The van der Waals surface area contributed by atoms with E-state index in [1.54, 1.807) is 0 Å². The monoisotopic (exact) mass is 529 g/mol. The van der Waals surface area contributed by atoms with Crippen molar-refractivity contribution in [1.82, 2.24) is 0 Å². The summed E-state index contributed by atoms with van der Waals surface area (Å²) in [6.07, 6.45) is 0. The van der Waals surface area contributed by atoms with Crippen molar-refractivity contribution in [3.05, 3.63) is 0 Å². The van der Waals surface area contributed by atoms with Gasteiger partial charge in [-0.25, -0.2) is 0 Å². The molecule has 0 rings (SSSR count). The van der Waals surface area contributed by atoms with Crippen LogP contribution >= 0.6 is 12.4 Å². The van der Waals surface area contributed by atoms with Crippen LogP contribution in [0.5, 0.6) is 0 Å². The van der Waals surface area contributed by atoms with E-state index < -0.39 is 0 Å². The summed E-state index contributed by atoms with van der Waals surface area (Å²) in [6, 6.07) is 0. The van der Waals surface area contributed by atoms with Crippen LogP contribution in [0.3, 0.4) is 0 Å². The molecule has 0 amide bonds. The molecule has 0 aromatic rings. The van der Waals surface area contributed by atoms with Crippen molar-refractivity contribution in [3.63, 3.8) is 0 Å². The van der Waals surface area contributed by atoms with E-state index in [4.69, 9.17) is 0 Å². The Morgan fingerprint density at radius 3 is 0.444 bits per heavy atom. The van der Waals surface area contributed by atoms with Crippen molar-refractivity contribution in [2.45, 2.75) is 0 Å². The molecule has 9 heavy (non-hydrogen) atoms. The molecular weight excluding hydrogens is 533 g/mol. The van der Waals surface area contributed by atoms with Gasteiger partial charge in [0.1, 0.15) is 0 Å². The maximum Gasteiger partial charge on any atom is 3.00 e. The third-order valence-corrected chi connectivity index (χ3v) is 0. The summed E-state index contributed by atoms with van der Waals surface area (Å²) in [6.45, 7) is 0. The molecule has 0 N–H and O–H groups in total. The van der Waals surface area contributed by atoms with Crippen molar-refractivity contribution in [2.75, 3.05) is 0 Å². The second-order valence-corrected chi connectivity index (χ2v) is 0. The predicted molar refractivity (Wildman–Crippen MR) is 7.25 cm³/mol. The summed E-state index contributed by atoms with van der Waals surface area (Å²) in [5.74, 6) is 0. The van der Waals surface area contributed by atoms with Gasteiger partial charge in [-0.2, -0.15) is 0 Å². The molecule has 0 aromatic heterocycles. The molecule has 0 aliphatic carbocycles. The number of hydrogen-bond donors (Lipinski definition) is 0. The van der Waals surface area contributed by atoms with Gasteiger partial charge in [-0.05, 0) is 0 Å². The second-order valence-electron chi connectivity index (χ2n) is 0. The molecule has 1 radical (unpaired) electrons. The summed E-state index contributed by atoms with van der Waals surface area (Å²) in [5.41, 5.74) is 0. The van der Waals surface area contributed by atoms with Gasteiger partial charge in [0.05, 0.1) is 0 Å². The SMILES string of the molecule is Cl.[Cl-].[Cl-].[Cl-].[Cl-].[Cl-].[Cl-].[Nd+3].[Pr+3]. The molecule has 0 saturated heterocycles. The molecule has 0 unspecified atom stereocenters. The van der Waals surface area contributed by atoms with Crippen LogP contribution < -0.4 is 74.4 Å². The normalized spacial score (nSPS) is 0. The van der Waals surface area contributed by atoms with Gasteiger partial charge in [0.25, 0.3) is 0 Å². The summed E-state index contributed by atoms with van der Waals surface area (Å²) in [5, 5.41) is 0. The van der Waals surface area contributed by atoms with Gasteiger partial charge in [-0.1, -0.05) is 0 Å². The van der Waals surface area contributed by atoms with Crippen LogP contribution in [0.2, 0.25) is 0 Å². The molecule has 9 heteroatoms. The van der Waals surface area contributed by atoms with Gasteiger partial charge in [0.2, 0.25) is 0 Å². The zero-order valence-corrected chi connectivity index (χ0v) is 16.0. The minimum Gasteiger partial charge on any atom is -1.00 e. The van der Waals surface area contributed by atoms with E-state index in [0.29, 0.717) is 0 Å². The second kappa shape index (κ2) is 78.1. The standard InChI is InChI=1S/7ClH.Nd.Pr/h7*1H;;/q;;;;;;;2*+3/p-6. The van der Waals surface area contributed by atoms with Crippen molar-refractivity contribution < 1.29 is 157 Å². The van der Waals surface area contributed by atoms with Crippen LogP contribution in [0, 0.1) is 82.1 Å². The Labute approximate surface area is 165 Å². The Bertz CT molecular complexity index is 8.88. The summed E-state index contributed by atoms with van der Waals surface area (Å²) in [4.78, 5) is 0. The van der Waals surface area contributed by atoms with Crippen LogP contribution in [0.15, 0.2) is 0 Å². The minimum absolute atomic E-state index is 0. The van der Waals surface area contributed by atoms with Gasteiger partial charge >= 0.3 is 82.1 Å². The molecule has 0 nitrogen and oxygen atoms in total. The van der Waals surface area contributed by atoms with Gasteiger partial charge in [0.15, 0.2) is 0 Å². The molecule has 0 fully saturated rings. The number of hydrogen-bond acceptors (Lipinski definition) is 0. The molecule has 0 saturated carbocycles. The Balaban J connectivity index is 0. The van der Waals surface area contributed by atoms with Gasteiger partial charge in [-0.3, -0.25) is 0 Å². The van der Waals surface area contributed by atoms with E-state index in [9.17, 15) is 0 Å². The smallest absolute Gasteiger partial charge is 1.00 e. The third kappa shape index (κ3) is 65.4. The van der Waals surface area contributed by atoms with Crippen LogP contribution in [-0.4, -0.2) is 0 Å². The van der Waals surface area contributed by atoms with Crippen molar-refractivity contribution in [2.24, 2.45) is 0 Å². The zero-order valence-electron chi connectivity index (χ0n) is 3.75. The van der Waals surface area contributed by atoms with Crippen molar-refractivity contribution >= 4 is 12.4 Å². The fourth-order valence-corrected chi connectivity index (χ4v) is 0. The Kier molecular flexibility index (Phi) is 861. The third-order valence-electron chi connectivity index (χ3n) is 0. The van der Waals surface area contributed by atoms with E-state index in [0.717, 1.165) is 0 Å². The number of rotatable bonds is 0. The molecule has 0 aliphatic heterocycles. The topological polar surface area (TPSA) is 0 Å². The average Bonchev–Trinajstić information content (AvgIpc) is 0. The Morgan fingerprint density at radius 1 is 0.444 bits per heavy atom. The first-order valence-electron chi connectivity index (χ1n) is 0. The maximum atomic E-state index is 0. The number of halogens is 7. The van der Waals surface area contributed by atoms with Crippen LogP contribution in [0.25, 0.3) is 0 Å². The van der Waals surface area contributed by atoms with Gasteiger partial charge in [-0.15, -0.1) is 12.4 Å². The first-order valence-corrected chi connectivity index (χ1v) is 0. The van der Waals surface area contributed by atoms with Gasteiger partial charge in [0, 0.05) is 0 Å². The molecule has 0 bridgehead atoms. The summed E-state index contributed by atoms with van der Waals surface area (Å²) < 4.78 is 0. The molecule has 57 valence electrons. The predicted octanol–water partition coefficient (Wildman–Crippen LogP) is -17.6. The minimum atomic E-state index is 0. The van der Waals surface area contributed by atoms with Crippen molar-refractivity contribution in [3.8, 4) is 0 Å². The Hall–Kier alpha value is 4.74. The largest absolute Gasteiger partial charge is 3.00 e.